The first-order valence-corrected chi connectivity index (χ1v) is 10.0. The summed E-state index contributed by atoms with van der Waals surface area (Å²) in [6.45, 7) is 4.39. The zero-order chi connectivity index (χ0) is 21.5. The predicted octanol–water partition coefficient (Wildman–Crippen LogP) is 5.14. The molecule has 0 aliphatic rings. The SMILES string of the molecule is CC(C)c1ccccc1NCC(=O)Nc1cccc(C(=O)N(C)c2ccccc2)c1. The Kier molecular flexibility index (Phi) is 6.86. The third-order valence-electron chi connectivity index (χ3n) is 4.86. The first kappa shape index (κ1) is 21.1. The van der Waals surface area contributed by atoms with E-state index in [4.69, 9.17) is 0 Å². The zero-order valence-corrected chi connectivity index (χ0v) is 17.6. The molecule has 0 heterocycles. The Morgan fingerprint density at radius 1 is 0.900 bits per heavy atom. The zero-order valence-electron chi connectivity index (χ0n) is 17.6. The molecule has 5 heteroatoms. The summed E-state index contributed by atoms with van der Waals surface area (Å²) >= 11 is 0. The van der Waals surface area contributed by atoms with E-state index in [2.05, 4.69) is 30.5 Å². The van der Waals surface area contributed by atoms with Crippen LogP contribution in [0.2, 0.25) is 0 Å². The lowest BCUT2D eigenvalue weighted by molar-refractivity contribution is -0.114. The van der Waals surface area contributed by atoms with E-state index in [9.17, 15) is 9.59 Å². The monoisotopic (exact) mass is 401 g/mol. The van der Waals surface area contributed by atoms with Crippen molar-refractivity contribution in [3.05, 3.63) is 90.0 Å². The van der Waals surface area contributed by atoms with Gasteiger partial charge in [-0.3, -0.25) is 9.59 Å². The number of amides is 2. The largest absolute Gasteiger partial charge is 0.376 e. The molecule has 0 saturated carbocycles. The predicted molar refractivity (Wildman–Crippen MR) is 123 cm³/mol. The highest BCUT2D eigenvalue weighted by Gasteiger charge is 2.14. The van der Waals surface area contributed by atoms with Crippen LogP contribution in [0.3, 0.4) is 0 Å². The minimum absolute atomic E-state index is 0.138. The number of carbonyl (C=O) groups excluding carboxylic acids is 2. The van der Waals surface area contributed by atoms with E-state index in [1.807, 2.05) is 48.5 Å². The van der Waals surface area contributed by atoms with Crippen molar-refractivity contribution in [1.29, 1.82) is 0 Å². The first-order valence-electron chi connectivity index (χ1n) is 10.0. The molecule has 154 valence electrons. The third kappa shape index (κ3) is 5.26. The third-order valence-corrected chi connectivity index (χ3v) is 4.86. The molecule has 0 aliphatic heterocycles. The minimum atomic E-state index is -0.172. The van der Waals surface area contributed by atoms with E-state index in [0.29, 0.717) is 17.2 Å². The number of anilines is 3. The van der Waals surface area contributed by atoms with Crippen LogP contribution < -0.4 is 15.5 Å². The standard InChI is InChI=1S/C25H27N3O2/c1-18(2)22-14-7-8-15-23(22)26-17-24(29)27-20-11-9-10-19(16-20)25(30)28(3)21-12-5-4-6-13-21/h4-16,18,26H,17H2,1-3H3,(H,27,29). The van der Waals surface area contributed by atoms with Gasteiger partial charge in [-0.2, -0.15) is 0 Å². The summed E-state index contributed by atoms with van der Waals surface area (Å²) in [5.74, 6) is 0.0527. The van der Waals surface area contributed by atoms with Gasteiger partial charge in [0.05, 0.1) is 6.54 Å². The molecule has 0 atom stereocenters. The number of nitrogens with zero attached hydrogens (tertiary/aromatic N) is 1. The van der Waals surface area contributed by atoms with Gasteiger partial charge in [-0.25, -0.2) is 0 Å². The van der Waals surface area contributed by atoms with Crippen LogP contribution in [0.4, 0.5) is 17.1 Å². The number of rotatable bonds is 7. The van der Waals surface area contributed by atoms with E-state index in [1.165, 1.54) is 5.56 Å². The molecule has 2 amide bonds. The fraction of sp³-hybridized carbons (Fsp3) is 0.200. The van der Waals surface area contributed by atoms with Gasteiger partial charge in [0.25, 0.3) is 5.91 Å². The number of benzene rings is 3. The fourth-order valence-corrected chi connectivity index (χ4v) is 3.23. The molecular weight excluding hydrogens is 374 g/mol. The second kappa shape index (κ2) is 9.74. The van der Waals surface area contributed by atoms with Crippen molar-refractivity contribution in [2.45, 2.75) is 19.8 Å². The number of carbonyl (C=O) groups is 2. The molecule has 30 heavy (non-hydrogen) atoms. The van der Waals surface area contributed by atoms with Crippen molar-refractivity contribution >= 4 is 28.9 Å². The molecule has 5 nitrogen and oxygen atoms in total. The van der Waals surface area contributed by atoms with Gasteiger partial charge < -0.3 is 15.5 Å². The summed E-state index contributed by atoms with van der Waals surface area (Å²) in [5, 5.41) is 6.07. The maximum absolute atomic E-state index is 12.8. The smallest absolute Gasteiger partial charge is 0.258 e. The van der Waals surface area contributed by atoms with Crippen LogP contribution >= 0.6 is 0 Å². The van der Waals surface area contributed by atoms with Crippen LogP contribution in [0.5, 0.6) is 0 Å². The molecule has 3 aromatic carbocycles. The van der Waals surface area contributed by atoms with Gasteiger partial charge in [0.1, 0.15) is 0 Å². The van der Waals surface area contributed by atoms with Crippen LogP contribution in [-0.4, -0.2) is 25.4 Å². The van der Waals surface area contributed by atoms with E-state index >= 15 is 0 Å². The van der Waals surface area contributed by atoms with Crippen LogP contribution in [0.15, 0.2) is 78.9 Å². The maximum atomic E-state index is 12.8. The lowest BCUT2D eigenvalue weighted by Gasteiger charge is -2.18. The molecule has 0 bridgehead atoms. The van der Waals surface area contributed by atoms with E-state index in [-0.39, 0.29) is 18.4 Å². The summed E-state index contributed by atoms with van der Waals surface area (Å²) in [5.41, 5.74) is 4.03. The highest BCUT2D eigenvalue weighted by Crippen LogP contribution is 2.23. The van der Waals surface area contributed by atoms with Crippen molar-refractivity contribution in [3.8, 4) is 0 Å². The average molecular weight is 402 g/mol. The van der Waals surface area contributed by atoms with Crippen LogP contribution in [0.1, 0.15) is 35.7 Å². The summed E-state index contributed by atoms with van der Waals surface area (Å²) < 4.78 is 0. The molecule has 0 unspecified atom stereocenters. The average Bonchev–Trinajstić information content (AvgIpc) is 2.77. The van der Waals surface area contributed by atoms with Gasteiger partial charge >= 0.3 is 0 Å². The molecule has 3 rings (SSSR count). The van der Waals surface area contributed by atoms with Crippen molar-refractivity contribution in [2.24, 2.45) is 0 Å². The van der Waals surface area contributed by atoms with Crippen molar-refractivity contribution in [2.75, 3.05) is 29.1 Å². The Morgan fingerprint density at radius 3 is 2.33 bits per heavy atom. The molecule has 0 spiro atoms. The Hall–Kier alpha value is -3.60. The summed E-state index contributed by atoms with van der Waals surface area (Å²) in [4.78, 5) is 26.8. The Morgan fingerprint density at radius 2 is 1.60 bits per heavy atom. The van der Waals surface area contributed by atoms with Crippen LogP contribution in [-0.2, 0) is 4.79 Å². The van der Waals surface area contributed by atoms with E-state index in [0.717, 1.165) is 11.4 Å². The van der Waals surface area contributed by atoms with Crippen LogP contribution in [0.25, 0.3) is 0 Å². The van der Waals surface area contributed by atoms with Gasteiger partial charge in [-0.15, -0.1) is 0 Å². The molecule has 0 radical (unpaired) electrons. The van der Waals surface area contributed by atoms with Gasteiger partial charge in [0.2, 0.25) is 5.91 Å². The second-order valence-electron chi connectivity index (χ2n) is 7.42. The molecule has 0 aromatic heterocycles. The lowest BCUT2D eigenvalue weighted by atomic mass is 10.0. The van der Waals surface area contributed by atoms with Gasteiger partial charge in [-0.1, -0.05) is 56.3 Å². The molecule has 3 aromatic rings. The fourth-order valence-electron chi connectivity index (χ4n) is 3.23. The van der Waals surface area contributed by atoms with Crippen molar-refractivity contribution in [1.82, 2.24) is 0 Å². The molecule has 0 fully saturated rings. The lowest BCUT2D eigenvalue weighted by Crippen LogP contribution is -2.26. The highest BCUT2D eigenvalue weighted by atomic mass is 16.2. The van der Waals surface area contributed by atoms with Crippen LogP contribution in [0, 0.1) is 0 Å². The summed E-state index contributed by atoms with van der Waals surface area (Å²) in [6.07, 6.45) is 0. The van der Waals surface area contributed by atoms with E-state index < -0.39 is 0 Å². The van der Waals surface area contributed by atoms with Crippen molar-refractivity contribution in [3.63, 3.8) is 0 Å². The van der Waals surface area contributed by atoms with Gasteiger partial charge in [0, 0.05) is 29.7 Å². The van der Waals surface area contributed by atoms with Crippen molar-refractivity contribution < 1.29 is 9.59 Å². The number of hydrogen-bond donors (Lipinski definition) is 2. The number of hydrogen-bond acceptors (Lipinski definition) is 3. The number of para-hydroxylation sites is 2. The molecule has 0 saturated heterocycles. The Labute approximate surface area is 177 Å². The molecule has 2 N–H and O–H groups in total. The normalized spacial score (nSPS) is 10.5. The summed E-state index contributed by atoms with van der Waals surface area (Å²) in [6, 6.07) is 24.4. The first-order chi connectivity index (χ1) is 14.5. The molecular formula is C25H27N3O2. The Balaban J connectivity index is 1.64. The number of nitrogens with one attached hydrogen (secondary N) is 2. The minimum Gasteiger partial charge on any atom is -0.376 e. The quantitative estimate of drug-likeness (QED) is 0.576. The summed E-state index contributed by atoms with van der Waals surface area (Å²) in [7, 11) is 1.74. The van der Waals surface area contributed by atoms with Gasteiger partial charge in [0.15, 0.2) is 0 Å². The topological polar surface area (TPSA) is 61.4 Å². The second-order valence-corrected chi connectivity index (χ2v) is 7.42. The Bertz CT molecular complexity index is 1020. The van der Waals surface area contributed by atoms with E-state index in [1.54, 1.807) is 36.2 Å². The highest BCUT2D eigenvalue weighted by molar-refractivity contribution is 6.06. The maximum Gasteiger partial charge on any atom is 0.258 e. The molecule has 0 aliphatic carbocycles. The van der Waals surface area contributed by atoms with Gasteiger partial charge in [-0.05, 0) is 47.9 Å².